The van der Waals surface area contributed by atoms with Crippen molar-refractivity contribution in [3.63, 3.8) is 0 Å². The molecule has 0 saturated heterocycles. The average Bonchev–Trinajstić information content (AvgIpc) is 2.74. The molecule has 0 heterocycles. The van der Waals surface area contributed by atoms with Crippen LogP contribution in [0.1, 0.15) is 24.1 Å². The molecule has 0 aliphatic rings. The van der Waals surface area contributed by atoms with E-state index in [1.165, 1.54) is 7.11 Å². The van der Waals surface area contributed by atoms with Crippen molar-refractivity contribution < 1.29 is 22.6 Å². The lowest BCUT2D eigenvalue weighted by Gasteiger charge is -2.32. The molecule has 2 aromatic rings. The lowest BCUT2D eigenvalue weighted by atomic mass is 9.98. The summed E-state index contributed by atoms with van der Waals surface area (Å²) in [7, 11) is 3.10. The number of hydrogen-bond donors (Lipinski definition) is 2. The van der Waals surface area contributed by atoms with Gasteiger partial charge in [-0.3, -0.25) is 5.32 Å². The molecule has 2 N–H and O–H groups in total. The van der Waals surface area contributed by atoms with E-state index in [9.17, 15) is 13.2 Å². The zero-order chi connectivity index (χ0) is 22.0. The Labute approximate surface area is 176 Å². The van der Waals surface area contributed by atoms with Crippen LogP contribution in [0.5, 0.6) is 5.75 Å². The van der Waals surface area contributed by atoms with Gasteiger partial charge in [0.2, 0.25) is 0 Å². The summed E-state index contributed by atoms with van der Waals surface area (Å²) in [5, 5.41) is 5.94. The molecule has 0 radical (unpaired) electrons. The van der Waals surface area contributed by atoms with Crippen LogP contribution in [0.25, 0.3) is 0 Å². The highest BCUT2D eigenvalue weighted by molar-refractivity contribution is 5.27. The summed E-state index contributed by atoms with van der Waals surface area (Å²) in [5.74, 6) is 0.132. The molecule has 30 heavy (non-hydrogen) atoms. The normalized spacial score (nSPS) is 14.9. The summed E-state index contributed by atoms with van der Waals surface area (Å²) in [4.78, 5) is 0. The molecule has 2 rings (SSSR count). The van der Waals surface area contributed by atoms with E-state index in [-0.39, 0.29) is 13.2 Å². The van der Waals surface area contributed by atoms with Gasteiger partial charge >= 0.3 is 6.18 Å². The lowest BCUT2D eigenvalue weighted by molar-refractivity contribution is -0.169. The van der Waals surface area contributed by atoms with Crippen molar-refractivity contribution in [3.05, 3.63) is 65.7 Å². The smallest absolute Gasteiger partial charge is 0.404 e. The molecule has 0 saturated carbocycles. The van der Waals surface area contributed by atoms with Crippen molar-refractivity contribution in [3.8, 4) is 5.75 Å². The van der Waals surface area contributed by atoms with E-state index in [2.05, 4.69) is 10.6 Å². The summed E-state index contributed by atoms with van der Waals surface area (Å²) in [5.41, 5.74) is 1.87. The summed E-state index contributed by atoms with van der Waals surface area (Å²) < 4.78 is 51.7. The Morgan fingerprint density at radius 1 is 0.967 bits per heavy atom. The van der Waals surface area contributed by atoms with E-state index in [1.54, 1.807) is 14.0 Å². The van der Waals surface area contributed by atoms with Crippen LogP contribution in [0, 0.1) is 5.92 Å². The van der Waals surface area contributed by atoms with Crippen LogP contribution in [-0.4, -0.2) is 46.1 Å². The standard InChI is InChI=1S/C23H31F3N2O2/c1-17(15-27-14-13-18-9-11-20(30-3)12-10-18)22(23(24,25)26)28-21(16-29-2)19-7-5-4-6-8-19/h4-12,17,21-22,27-28H,13-16H2,1-3H3/t17-,21-,22+/m0/s1. The predicted octanol–water partition coefficient (Wildman–Crippen LogP) is 4.37. The summed E-state index contributed by atoms with van der Waals surface area (Å²) in [6.45, 7) is 2.62. The highest BCUT2D eigenvalue weighted by atomic mass is 19.4. The number of methoxy groups -OCH3 is 2. The van der Waals surface area contributed by atoms with Crippen molar-refractivity contribution in [2.24, 2.45) is 5.92 Å². The molecule has 3 atom stereocenters. The first-order valence-electron chi connectivity index (χ1n) is 10.1. The molecule has 4 nitrogen and oxygen atoms in total. The molecule has 0 aliphatic carbocycles. The Morgan fingerprint density at radius 3 is 2.20 bits per heavy atom. The average molecular weight is 425 g/mol. The van der Waals surface area contributed by atoms with Gasteiger partial charge in [-0.1, -0.05) is 49.4 Å². The van der Waals surface area contributed by atoms with Crippen molar-refractivity contribution in [1.82, 2.24) is 10.6 Å². The fourth-order valence-corrected chi connectivity index (χ4v) is 3.36. The quantitative estimate of drug-likeness (QED) is 0.497. The van der Waals surface area contributed by atoms with E-state index in [1.807, 2.05) is 54.6 Å². The van der Waals surface area contributed by atoms with Crippen LogP contribution < -0.4 is 15.4 Å². The van der Waals surface area contributed by atoms with Crippen molar-refractivity contribution >= 4 is 0 Å². The third-order valence-electron chi connectivity index (χ3n) is 5.05. The molecule has 0 fully saturated rings. The fourth-order valence-electron chi connectivity index (χ4n) is 3.36. The second-order valence-electron chi connectivity index (χ2n) is 7.38. The zero-order valence-electron chi connectivity index (χ0n) is 17.7. The molecule has 0 unspecified atom stereocenters. The second-order valence-corrected chi connectivity index (χ2v) is 7.38. The monoisotopic (exact) mass is 424 g/mol. The third kappa shape index (κ3) is 7.63. The van der Waals surface area contributed by atoms with Gasteiger partial charge in [-0.2, -0.15) is 13.2 Å². The molecule has 7 heteroatoms. The van der Waals surface area contributed by atoms with Gasteiger partial charge < -0.3 is 14.8 Å². The maximum absolute atomic E-state index is 13.8. The number of ether oxygens (including phenoxy) is 2. The van der Waals surface area contributed by atoms with Gasteiger partial charge in [0.15, 0.2) is 0 Å². The summed E-state index contributed by atoms with van der Waals surface area (Å²) in [6, 6.07) is 14.6. The highest BCUT2D eigenvalue weighted by Crippen LogP contribution is 2.28. The molecule has 0 bridgehead atoms. The number of rotatable bonds is 12. The van der Waals surface area contributed by atoms with Gasteiger partial charge in [-0.15, -0.1) is 0 Å². The Morgan fingerprint density at radius 2 is 1.63 bits per heavy atom. The Kier molecular flexibility index (Phi) is 9.62. The Balaban J connectivity index is 1.93. The lowest BCUT2D eigenvalue weighted by Crippen LogP contribution is -2.51. The van der Waals surface area contributed by atoms with Gasteiger partial charge in [0.05, 0.1) is 19.8 Å². The third-order valence-corrected chi connectivity index (χ3v) is 5.05. The van der Waals surface area contributed by atoms with Gasteiger partial charge in [0.1, 0.15) is 11.8 Å². The number of alkyl halides is 3. The van der Waals surface area contributed by atoms with Crippen molar-refractivity contribution in [1.29, 1.82) is 0 Å². The Hall–Kier alpha value is -2.09. The van der Waals surface area contributed by atoms with Crippen LogP contribution in [0.15, 0.2) is 54.6 Å². The summed E-state index contributed by atoms with van der Waals surface area (Å²) in [6.07, 6.45) is -3.63. The molecule has 166 valence electrons. The number of halogens is 3. The maximum atomic E-state index is 13.8. The van der Waals surface area contributed by atoms with Crippen LogP contribution >= 0.6 is 0 Å². The fraction of sp³-hybridized carbons (Fsp3) is 0.478. The molecule has 0 aromatic heterocycles. The largest absolute Gasteiger partial charge is 0.497 e. The van der Waals surface area contributed by atoms with Gasteiger partial charge in [0, 0.05) is 7.11 Å². The minimum Gasteiger partial charge on any atom is -0.497 e. The van der Waals surface area contributed by atoms with Gasteiger partial charge in [-0.05, 0) is 48.7 Å². The molecule has 0 spiro atoms. The summed E-state index contributed by atoms with van der Waals surface area (Å²) >= 11 is 0. The molecule has 0 aliphatic heterocycles. The highest BCUT2D eigenvalue weighted by Gasteiger charge is 2.43. The first-order chi connectivity index (χ1) is 14.3. The van der Waals surface area contributed by atoms with Crippen molar-refractivity contribution in [2.75, 3.05) is 33.9 Å². The zero-order valence-corrected chi connectivity index (χ0v) is 17.7. The predicted molar refractivity (Wildman–Crippen MR) is 113 cm³/mol. The molecular weight excluding hydrogens is 393 g/mol. The Bertz CT molecular complexity index is 723. The van der Waals surface area contributed by atoms with E-state index < -0.39 is 24.2 Å². The van der Waals surface area contributed by atoms with Crippen LogP contribution in [0.4, 0.5) is 13.2 Å². The molecular formula is C23H31F3N2O2. The topological polar surface area (TPSA) is 42.5 Å². The maximum Gasteiger partial charge on any atom is 0.404 e. The molecule has 0 amide bonds. The number of benzene rings is 2. The van der Waals surface area contributed by atoms with E-state index in [4.69, 9.17) is 9.47 Å². The van der Waals surface area contributed by atoms with Crippen LogP contribution in [-0.2, 0) is 11.2 Å². The SMILES string of the molecule is COC[C@H](N[C@H]([C@@H](C)CNCCc1ccc(OC)cc1)C(F)(F)F)c1ccccc1. The van der Waals surface area contributed by atoms with Gasteiger partial charge in [0.25, 0.3) is 0 Å². The first-order valence-corrected chi connectivity index (χ1v) is 10.1. The van der Waals surface area contributed by atoms with Crippen LogP contribution in [0.3, 0.4) is 0 Å². The van der Waals surface area contributed by atoms with E-state index >= 15 is 0 Å². The van der Waals surface area contributed by atoms with Crippen molar-refractivity contribution in [2.45, 2.75) is 31.6 Å². The van der Waals surface area contributed by atoms with E-state index in [0.29, 0.717) is 6.54 Å². The van der Waals surface area contributed by atoms with E-state index in [0.717, 1.165) is 23.3 Å². The number of hydrogen-bond acceptors (Lipinski definition) is 4. The number of nitrogens with one attached hydrogen (secondary N) is 2. The second kappa shape index (κ2) is 11.9. The van der Waals surface area contributed by atoms with Gasteiger partial charge in [-0.25, -0.2) is 0 Å². The van der Waals surface area contributed by atoms with Crippen LogP contribution in [0.2, 0.25) is 0 Å². The molecule has 2 aromatic carbocycles. The minimum absolute atomic E-state index is 0.161. The minimum atomic E-state index is -4.36. The first kappa shape index (κ1) is 24.2.